The summed E-state index contributed by atoms with van der Waals surface area (Å²) in [6.45, 7) is 0.588. The van der Waals surface area contributed by atoms with Gasteiger partial charge in [0.1, 0.15) is 17.7 Å². The standard InChI is InChI=1S/C18H16F2N2O2S/c19-16-8-14(9-17(20)10-16)7-13-5-6-22(12-13)25(23,24)18-4-2-1-3-15(18)11-21/h1-4,8-10,13H,5-7,12H2. The van der Waals surface area contributed by atoms with Gasteiger partial charge in [-0.2, -0.15) is 9.57 Å². The highest BCUT2D eigenvalue weighted by Crippen LogP contribution is 2.28. The average molecular weight is 362 g/mol. The number of sulfonamides is 1. The van der Waals surface area contributed by atoms with Crippen LogP contribution in [0.5, 0.6) is 0 Å². The summed E-state index contributed by atoms with van der Waals surface area (Å²) in [6.07, 6.45) is 1.01. The lowest BCUT2D eigenvalue weighted by Gasteiger charge is -2.17. The molecule has 1 atom stereocenters. The second kappa shape index (κ2) is 6.90. The molecule has 0 bridgehead atoms. The summed E-state index contributed by atoms with van der Waals surface area (Å²) in [5, 5.41) is 9.12. The van der Waals surface area contributed by atoms with Gasteiger partial charge in [-0.1, -0.05) is 12.1 Å². The molecule has 1 aliphatic heterocycles. The van der Waals surface area contributed by atoms with E-state index < -0.39 is 21.7 Å². The lowest BCUT2D eigenvalue weighted by molar-refractivity contribution is 0.455. The van der Waals surface area contributed by atoms with Crippen molar-refractivity contribution in [3.8, 4) is 6.07 Å². The molecule has 25 heavy (non-hydrogen) atoms. The van der Waals surface area contributed by atoms with E-state index in [1.807, 2.05) is 6.07 Å². The van der Waals surface area contributed by atoms with Crippen molar-refractivity contribution in [1.82, 2.24) is 4.31 Å². The summed E-state index contributed by atoms with van der Waals surface area (Å²) in [5.41, 5.74) is 0.623. The van der Waals surface area contributed by atoms with Crippen molar-refractivity contribution < 1.29 is 17.2 Å². The molecular weight excluding hydrogens is 346 g/mol. The first-order valence-electron chi connectivity index (χ1n) is 7.84. The lowest BCUT2D eigenvalue weighted by atomic mass is 9.99. The van der Waals surface area contributed by atoms with E-state index in [0.717, 1.165) is 6.07 Å². The summed E-state index contributed by atoms with van der Waals surface area (Å²) in [4.78, 5) is -0.00468. The van der Waals surface area contributed by atoms with Crippen LogP contribution in [0.1, 0.15) is 17.5 Å². The number of nitrogens with zero attached hydrogens (tertiary/aromatic N) is 2. The van der Waals surface area contributed by atoms with Crippen molar-refractivity contribution in [2.24, 2.45) is 5.92 Å². The Labute approximate surface area is 145 Å². The van der Waals surface area contributed by atoms with E-state index >= 15 is 0 Å². The Kier molecular flexibility index (Phi) is 4.84. The van der Waals surface area contributed by atoms with Crippen molar-refractivity contribution in [2.75, 3.05) is 13.1 Å². The summed E-state index contributed by atoms with van der Waals surface area (Å²) in [6, 6.07) is 11.3. The normalized spacial score (nSPS) is 18.2. The van der Waals surface area contributed by atoms with Crippen molar-refractivity contribution >= 4 is 10.0 Å². The van der Waals surface area contributed by atoms with Crippen LogP contribution in [0, 0.1) is 28.9 Å². The minimum absolute atomic E-state index is 0.00468. The van der Waals surface area contributed by atoms with Gasteiger partial charge in [0.15, 0.2) is 0 Å². The van der Waals surface area contributed by atoms with E-state index in [4.69, 9.17) is 5.26 Å². The largest absolute Gasteiger partial charge is 0.244 e. The molecule has 0 aliphatic carbocycles. The molecule has 2 aromatic rings. The minimum atomic E-state index is -3.76. The number of hydrogen-bond donors (Lipinski definition) is 0. The van der Waals surface area contributed by atoms with E-state index in [2.05, 4.69) is 0 Å². The highest BCUT2D eigenvalue weighted by atomic mass is 32.2. The van der Waals surface area contributed by atoms with E-state index in [-0.39, 0.29) is 22.9 Å². The van der Waals surface area contributed by atoms with Gasteiger partial charge in [-0.15, -0.1) is 0 Å². The van der Waals surface area contributed by atoms with Gasteiger partial charge >= 0.3 is 0 Å². The first-order valence-corrected chi connectivity index (χ1v) is 9.28. The Hall–Kier alpha value is -2.30. The van der Waals surface area contributed by atoms with Crippen LogP contribution in [0.4, 0.5) is 8.78 Å². The molecule has 1 fully saturated rings. The summed E-state index contributed by atoms with van der Waals surface area (Å²) < 4.78 is 53.5. The molecule has 0 aromatic heterocycles. The number of nitriles is 1. The van der Waals surface area contributed by atoms with Gasteiger partial charge in [-0.25, -0.2) is 17.2 Å². The Morgan fingerprint density at radius 3 is 2.52 bits per heavy atom. The molecule has 1 aliphatic rings. The first kappa shape index (κ1) is 17.5. The number of benzene rings is 2. The van der Waals surface area contributed by atoms with Crippen molar-refractivity contribution in [2.45, 2.75) is 17.7 Å². The molecule has 0 spiro atoms. The zero-order chi connectivity index (χ0) is 18.0. The molecule has 1 heterocycles. The average Bonchev–Trinajstić information content (AvgIpc) is 3.03. The van der Waals surface area contributed by atoms with E-state index in [1.165, 1.54) is 28.6 Å². The molecule has 0 saturated carbocycles. The Morgan fingerprint density at radius 1 is 1.16 bits per heavy atom. The van der Waals surface area contributed by atoms with E-state index in [9.17, 15) is 17.2 Å². The Morgan fingerprint density at radius 2 is 1.84 bits per heavy atom. The molecular formula is C18H16F2N2O2S. The lowest BCUT2D eigenvalue weighted by Crippen LogP contribution is -2.29. The second-order valence-electron chi connectivity index (χ2n) is 6.11. The topological polar surface area (TPSA) is 61.2 Å². The van der Waals surface area contributed by atoms with Crippen LogP contribution in [0.15, 0.2) is 47.4 Å². The van der Waals surface area contributed by atoms with Crippen LogP contribution < -0.4 is 0 Å². The maximum Gasteiger partial charge on any atom is 0.244 e. The summed E-state index contributed by atoms with van der Waals surface area (Å²) in [5.74, 6) is -1.30. The van der Waals surface area contributed by atoms with Gasteiger partial charge in [-0.05, 0) is 48.6 Å². The molecule has 0 amide bonds. The van der Waals surface area contributed by atoms with Crippen molar-refractivity contribution in [3.63, 3.8) is 0 Å². The quantitative estimate of drug-likeness (QED) is 0.840. The number of hydrogen-bond acceptors (Lipinski definition) is 3. The highest BCUT2D eigenvalue weighted by molar-refractivity contribution is 7.89. The third-order valence-corrected chi connectivity index (χ3v) is 6.24. The Bertz CT molecular complexity index is 918. The highest BCUT2D eigenvalue weighted by Gasteiger charge is 2.33. The maximum absolute atomic E-state index is 13.3. The minimum Gasteiger partial charge on any atom is -0.207 e. The maximum atomic E-state index is 13.3. The zero-order valence-electron chi connectivity index (χ0n) is 13.3. The smallest absolute Gasteiger partial charge is 0.207 e. The monoisotopic (exact) mass is 362 g/mol. The van der Waals surface area contributed by atoms with Gasteiger partial charge < -0.3 is 0 Å². The molecule has 1 saturated heterocycles. The van der Waals surface area contributed by atoms with Crippen molar-refractivity contribution in [3.05, 3.63) is 65.2 Å². The van der Waals surface area contributed by atoms with E-state index in [0.29, 0.717) is 24.9 Å². The van der Waals surface area contributed by atoms with Gasteiger partial charge in [0.2, 0.25) is 10.0 Å². The second-order valence-corrected chi connectivity index (χ2v) is 8.01. The van der Waals surface area contributed by atoms with Gasteiger partial charge in [-0.3, -0.25) is 0 Å². The van der Waals surface area contributed by atoms with Crippen LogP contribution in [-0.4, -0.2) is 25.8 Å². The van der Waals surface area contributed by atoms with Crippen LogP contribution in [0.3, 0.4) is 0 Å². The molecule has 130 valence electrons. The predicted octanol–water partition coefficient (Wildman–Crippen LogP) is 3.09. The Balaban J connectivity index is 1.77. The third-order valence-electron chi connectivity index (χ3n) is 4.32. The molecule has 3 rings (SSSR count). The molecule has 7 heteroatoms. The summed E-state index contributed by atoms with van der Waals surface area (Å²) in [7, 11) is -3.76. The fourth-order valence-corrected chi connectivity index (χ4v) is 4.84. The van der Waals surface area contributed by atoms with E-state index in [1.54, 1.807) is 12.1 Å². The van der Waals surface area contributed by atoms with Crippen LogP contribution in [0.2, 0.25) is 0 Å². The van der Waals surface area contributed by atoms with Gasteiger partial charge in [0.25, 0.3) is 0 Å². The predicted molar refractivity (Wildman–Crippen MR) is 88.1 cm³/mol. The van der Waals surface area contributed by atoms with Crippen LogP contribution in [0.25, 0.3) is 0 Å². The number of rotatable bonds is 4. The SMILES string of the molecule is N#Cc1ccccc1S(=O)(=O)N1CCC(Cc2cc(F)cc(F)c2)C1. The van der Waals surface area contributed by atoms with Crippen LogP contribution >= 0.6 is 0 Å². The van der Waals surface area contributed by atoms with Gasteiger partial charge in [0, 0.05) is 19.2 Å². The fourth-order valence-electron chi connectivity index (χ4n) is 3.17. The fraction of sp³-hybridized carbons (Fsp3) is 0.278. The van der Waals surface area contributed by atoms with Gasteiger partial charge in [0.05, 0.1) is 10.5 Å². The number of halogens is 2. The van der Waals surface area contributed by atoms with Crippen molar-refractivity contribution in [1.29, 1.82) is 5.26 Å². The zero-order valence-corrected chi connectivity index (χ0v) is 14.1. The molecule has 4 nitrogen and oxygen atoms in total. The third kappa shape index (κ3) is 3.70. The first-order chi connectivity index (χ1) is 11.9. The molecule has 0 radical (unpaired) electrons. The summed E-state index contributed by atoms with van der Waals surface area (Å²) >= 11 is 0. The molecule has 2 aromatic carbocycles. The molecule has 1 unspecified atom stereocenters. The van der Waals surface area contributed by atoms with Crippen LogP contribution in [-0.2, 0) is 16.4 Å². The molecule has 0 N–H and O–H groups in total.